The number of piperidine rings is 1. The van der Waals surface area contributed by atoms with Crippen LogP contribution in [0.1, 0.15) is 43.5 Å². The molecule has 22 heavy (non-hydrogen) atoms. The molecule has 2 N–H and O–H groups in total. The van der Waals surface area contributed by atoms with E-state index in [0.29, 0.717) is 0 Å². The van der Waals surface area contributed by atoms with Crippen LogP contribution in [0.2, 0.25) is 0 Å². The summed E-state index contributed by atoms with van der Waals surface area (Å²) in [5.41, 5.74) is 4.43. The molecule has 3 rings (SSSR count). The molecule has 118 valence electrons. The van der Waals surface area contributed by atoms with Crippen LogP contribution in [-0.2, 0) is 13.0 Å². The quantitative estimate of drug-likeness (QED) is 0.896. The monoisotopic (exact) mass is 299 g/mol. The van der Waals surface area contributed by atoms with Crippen LogP contribution in [0.5, 0.6) is 0 Å². The van der Waals surface area contributed by atoms with Crippen molar-refractivity contribution < 1.29 is 4.90 Å². The molecule has 0 saturated carbocycles. The summed E-state index contributed by atoms with van der Waals surface area (Å²) < 4.78 is 0. The van der Waals surface area contributed by atoms with E-state index in [1.807, 2.05) is 13.0 Å². The lowest BCUT2D eigenvalue weighted by Gasteiger charge is -2.28. The van der Waals surface area contributed by atoms with Gasteiger partial charge in [-0.05, 0) is 43.9 Å². The standard InChI is InChI=1S/C19H26N2O/c1-4-15-7-8-18-16(10-15)19(22)17(14(3)20-18)12-21-9-5-6-13(2)11-21/h7-8,10,13H,4-6,9,11-12H2,1-3H3,(H,20,22)/p+1/t13-/m0/s1. The van der Waals surface area contributed by atoms with Crippen LogP contribution in [0.15, 0.2) is 23.0 Å². The first-order valence-corrected chi connectivity index (χ1v) is 8.56. The Balaban J connectivity index is 1.99. The van der Waals surface area contributed by atoms with Crippen LogP contribution < -0.4 is 10.3 Å². The zero-order chi connectivity index (χ0) is 15.7. The van der Waals surface area contributed by atoms with E-state index in [-0.39, 0.29) is 5.43 Å². The van der Waals surface area contributed by atoms with E-state index in [9.17, 15) is 4.79 Å². The normalized spacial score (nSPS) is 22.1. The molecule has 1 aliphatic heterocycles. The minimum absolute atomic E-state index is 0.229. The fraction of sp³-hybridized carbons (Fsp3) is 0.526. The highest BCUT2D eigenvalue weighted by molar-refractivity contribution is 5.80. The number of hydrogen-bond donors (Lipinski definition) is 2. The van der Waals surface area contributed by atoms with Gasteiger partial charge >= 0.3 is 0 Å². The summed E-state index contributed by atoms with van der Waals surface area (Å²) in [4.78, 5) is 17.9. The fourth-order valence-corrected chi connectivity index (χ4v) is 3.74. The van der Waals surface area contributed by atoms with Gasteiger partial charge < -0.3 is 9.88 Å². The number of aromatic nitrogens is 1. The van der Waals surface area contributed by atoms with E-state index in [1.165, 1.54) is 31.5 Å². The number of pyridine rings is 1. The molecule has 2 aromatic rings. The lowest BCUT2D eigenvalue weighted by atomic mass is 9.99. The molecular formula is C19H27N2O+. The van der Waals surface area contributed by atoms with E-state index >= 15 is 0 Å². The van der Waals surface area contributed by atoms with E-state index in [4.69, 9.17) is 0 Å². The molecule has 3 nitrogen and oxygen atoms in total. The van der Waals surface area contributed by atoms with Crippen LogP contribution in [0.4, 0.5) is 0 Å². The number of quaternary nitrogens is 1. The first-order chi connectivity index (χ1) is 10.6. The van der Waals surface area contributed by atoms with Crippen molar-refractivity contribution >= 4 is 10.9 Å². The second kappa shape index (κ2) is 6.25. The van der Waals surface area contributed by atoms with Gasteiger partial charge in [0, 0.05) is 22.5 Å². The number of fused-ring (bicyclic) bond motifs is 1. The maximum Gasteiger partial charge on any atom is 0.198 e. The summed E-state index contributed by atoms with van der Waals surface area (Å²) in [6.45, 7) is 9.73. The van der Waals surface area contributed by atoms with E-state index in [0.717, 1.165) is 41.0 Å². The van der Waals surface area contributed by atoms with Crippen molar-refractivity contribution in [2.45, 2.75) is 46.6 Å². The molecule has 0 aliphatic carbocycles. The molecule has 2 heterocycles. The SMILES string of the molecule is CCc1ccc2[nH]c(C)c(C[NH+]3CCC[C@H](C)C3)c(=O)c2c1. The average Bonchev–Trinajstić information content (AvgIpc) is 2.51. The maximum absolute atomic E-state index is 12.9. The fourth-order valence-electron chi connectivity index (χ4n) is 3.74. The van der Waals surface area contributed by atoms with Crippen molar-refractivity contribution in [3.05, 3.63) is 45.2 Å². The number of benzene rings is 1. The largest absolute Gasteiger partial charge is 0.358 e. The molecule has 1 unspecified atom stereocenters. The van der Waals surface area contributed by atoms with Gasteiger partial charge in [0.05, 0.1) is 18.7 Å². The molecule has 1 aliphatic rings. The Morgan fingerprint density at radius 2 is 2.18 bits per heavy atom. The minimum atomic E-state index is 0.229. The summed E-state index contributed by atoms with van der Waals surface area (Å²) in [5.74, 6) is 0.773. The predicted octanol–water partition coefficient (Wildman–Crippen LogP) is 2.21. The molecule has 1 aromatic heterocycles. The lowest BCUT2D eigenvalue weighted by molar-refractivity contribution is -0.922. The zero-order valence-electron chi connectivity index (χ0n) is 14.0. The Kier molecular flexibility index (Phi) is 4.34. The molecular weight excluding hydrogens is 272 g/mol. The van der Waals surface area contributed by atoms with Gasteiger partial charge in [0.25, 0.3) is 0 Å². The third-order valence-corrected chi connectivity index (χ3v) is 5.08. The van der Waals surface area contributed by atoms with Gasteiger partial charge in [-0.15, -0.1) is 0 Å². The summed E-state index contributed by atoms with van der Waals surface area (Å²) in [7, 11) is 0. The van der Waals surface area contributed by atoms with Crippen molar-refractivity contribution in [2.75, 3.05) is 13.1 Å². The third-order valence-electron chi connectivity index (χ3n) is 5.08. The first-order valence-electron chi connectivity index (χ1n) is 8.56. The van der Waals surface area contributed by atoms with Gasteiger partial charge in [0.1, 0.15) is 6.54 Å². The number of likely N-dealkylation sites (tertiary alicyclic amines) is 1. The molecule has 0 amide bonds. The number of rotatable bonds is 3. The summed E-state index contributed by atoms with van der Waals surface area (Å²) in [6, 6.07) is 6.21. The topological polar surface area (TPSA) is 37.3 Å². The highest BCUT2D eigenvalue weighted by Crippen LogP contribution is 2.14. The molecule has 3 heteroatoms. The van der Waals surface area contributed by atoms with Gasteiger partial charge in [-0.1, -0.05) is 19.9 Å². The number of H-pyrrole nitrogens is 1. The van der Waals surface area contributed by atoms with Crippen molar-refractivity contribution in [3.8, 4) is 0 Å². The Hall–Kier alpha value is -1.61. The van der Waals surface area contributed by atoms with Gasteiger partial charge in [0.15, 0.2) is 5.43 Å². The van der Waals surface area contributed by atoms with E-state index in [2.05, 4.69) is 31.0 Å². The van der Waals surface area contributed by atoms with Crippen LogP contribution in [0.3, 0.4) is 0 Å². The first kappa shape index (κ1) is 15.3. The van der Waals surface area contributed by atoms with Crippen LogP contribution in [0.25, 0.3) is 10.9 Å². The molecule has 1 fully saturated rings. The Bertz CT molecular complexity index is 732. The maximum atomic E-state index is 12.9. The summed E-state index contributed by atoms with van der Waals surface area (Å²) in [5, 5.41) is 0.851. The Morgan fingerprint density at radius 1 is 1.36 bits per heavy atom. The Labute approximate surface area is 132 Å². The second-order valence-electron chi connectivity index (χ2n) is 6.92. The van der Waals surface area contributed by atoms with Gasteiger partial charge in [0.2, 0.25) is 0 Å². The molecule has 0 spiro atoms. The Morgan fingerprint density at radius 3 is 2.91 bits per heavy atom. The van der Waals surface area contributed by atoms with Gasteiger partial charge in [-0.2, -0.15) is 0 Å². The van der Waals surface area contributed by atoms with E-state index in [1.54, 1.807) is 4.90 Å². The van der Waals surface area contributed by atoms with Gasteiger partial charge in [-0.25, -0.2) is 0 Å². The van der Waals surface area contributed by atoms with Gasteiger partial charge in [-0.3, -0.25) is 4.79 Å². The highest BCUT2D eigenvalue weighted by Gasteiger charge is 2.22. The van der Waals surface area contributed by atoms with Crippen molar-refractivity contribution in [1.82, 2.24) is 4.98 Å². The average molecular weight is 299 g/mol. The smallest absolute Gasteiger partial charge is 0.198 e. The highest BCUT2D eigenvalue weighted by atomic mass is 16.1. The molecule has 0 bridgehead atoms. The number of aromatic amines is 1. The number of hydrogen-bond acceptors (Lipinski definition) is 1. The van der Waals surface area contributed by atoms with E-state index < -0.39 is 0 Å². The molecule has 0 radical (unpaired) electrons. The lowest BCUT2D eigenvalue weighted by Crippen LogP contribution is -3.12. The van der Waals surface area contributed by atoms with Crippen molar-refractivity contribution in [1.29, 1.82) is 0 Å². The predicted molar refractivity (Wildman–Crippen MR) is 91.5 cm³/mol. The molecule has 1 aromatic carbocycles. The van der Waals surface area contributed by atoms with Crippen molar-refractivity contribution in [3.63, 3.8) is 0 Å². The third kappa shape index (κ3) is 2.95. The zero-order valence-corrected chi connectivity index (χ0v) is 14.0. The summed E-state index contributed by atoms with van der Waals surface area (Å²) in [6.07, 6.45) is 3.57. The van der Waals surface area contributed by atoms with Crippen molar-refractivity contribution in [2.24, 2.45) is 5.92 Å². The second-order valence-corrected chi connectivity index (χ2v) is 6.92. The summed E-state index contributed by atoms with van der Waals surface area (Å²) >= 11 is 0. The molecule has 1 saturated heterocycles. The minimum Gasteiger partial charge on any atom is -0.358 e. The number of aryl methyl sites for hydroxylation is 2. The van der Waals surface area contributed by atoms with Crippen LogP contribution in [0, 0.1) is 12.8 Å². The van der Waals surface area contributed by atoms with Crippen LogP contribution >= 0.6 is 0 Å². The molecule has 2 atom stereocenters. The van der Waals surface area contributed by atoms with Crippen LogP contribution in [-0.4, -0.2) is 18.1 Å². The number of nitrogens with one attached hydrogen (secondary N) is 2.